The number of ether oxygens (including phenoxy) is 1. The van der Waals surface area contributed by atoms with E-state index in [1.807, 2.05) is 25.1 Å². The van der Waals surface area contributed by atoms with Gasteiger partial charge in [0.25, 0.3) is 0 Å². The molecule has 2 rings (SSSR count). The third kappa shape index (κ3) is 2.83. The van der Waals surface area contributed by atoms with Gasteiger partial charge in [0.1, 0.15) is 5.75 Å². The lowest BCUT2D eigenvalue weighted by atomic mass is 10.3. The normalized spacial score (nSPS) is 10.1. The zero-order valence-electron chi connectivity index (χ0n) is 9.29. The fraction of sp³-hybridized carbons (Fsp3) is 0.364. The standard InChI is InChI=1S/C11H14N2OS.ClH/c1-3-14-8-5-6-9-10(7-8)13-11(12-9)15-4-2;/h5-7H,3-4H2,1-2H3,(H,12,13);1H/p-1. The lowest BCUT2D eigenvalue weighted by Gasteiger charge is -2.00. The second kappa shape index (κ2) is 6.01. The minimum atomic E-state index is 0. The summed E-state index contributed by atoms with van der Waals surface area (Å²) in [6.07, 6.45) is 0. The monoisotopic (exact) mass is 257 g/mol. The van der Waals surface area contributed by atoms with E-state index in [0.717, 1.165) is 27.7 Å². The lowest BCUT2D eigenvalue weighted by molar-refractivity contribution is -0.00000377. The zero-order valence-corrected chi connectivity index (χ0v) is 10.9. The molecule has 0 aliphatic rings. The van der Waals surface area contributed by atoms with E-state index < -0.39 is 0 Å². The summed E-state index contributed by atoms with van der Waals surface area (Å²) in [6.45, 7) is 4.79. The van der Waals surface area contributed by atoms with E-state index in [4.69, 9.17) is 4.74 Å². The molecule has 88 valence electrons. The largest absolute Gasteiger partial charge is 1.00 e. The first-order valence-corrected chi connectivity index (χ1v) is 6.07. The van der Waals surface area contributed by atoms with E-state index in [-0.39, 0.29) is 12.4 Å². The number of hydrogen-bond donors (Lipinski definition) is 1. The summed E-state index contributed by atoms with van der Waals surface area (Å²) >= 11 is 1.71. The fourth-order valence-corrected chi connectivity index (χ4v) is 2.05. The highest BCUT2D eigenvalue weighted by molar-refractivity contribution is 7.99. The molecular weight excluding hydrogens is 244 g/mol. The van der Waals surface area contributed by atoms with Crippen LogP contribution in [0.2, 0.25) is 0 Å². The second-order valence-electron chi connectivity index (χ2n) is 3.09. The molecule has 0 bridgehead atoms. The number of nitrogens with one attached hydrogen (secondary N) is 1. The minimum absolute atomic E-state index is 0. The summed E-state index contributed by atoms with van der Waals surface area (Å²) in [6, 6.07) is 5.93. The predicted octanol–water partition coefficient (Wildman–Crippen LogP) is 0.0776. The van der Waals surface area contributed by atoms with Crippen LogP contribution in [-0.4, -0.2) is 22.3 Å². The second-order valence-corrected chi connectivity index (χ2v) is 4.34. The van der Waals surface area contributed by atoms with Crippen molar-refractivity contribution in [2.45, 2.75) is 19.0 Å². The summed E-state index contributed by atoms with van der Waals surface area (Å²) in [5.41, 5.74) is 2.03. The van der Waals surface area contributed by atoms with Gasteiger partial charge in [-0.05, 0) is 24.8 Å². The van der Waals surface area contributed by atoms with Gasteiger partial charge in [-0.3, -0.25) is 0 Å². The van der Waals surface area contributed by atoms with Crippen molar-refractivity contribution >= 4 is 22.8 Å². The molecule has 0 spiro atoms. The van der Waals surface area contributed by atoms with Crippen LogP contribution in [-0.2, 0) is 0 Å². The Morgan fingerprint density at radius 3 is 2.88 bits per heavy atom. The van der Waals surface area contributed by atoms with Gasteiger partial charge >= 0.3 is 0 Å². The highest BCUT2D eigenvalue weighted by atomic mass is 35.5. The Labute approximate surface area is 105 Å². The molecule has 0 saturated carbocycles. The molecule has 1 aromatic heterocycles. The smallest absolute Gasteiger partial charge is 0.166 e. The van der Waals surface area contributed by atoms with Crippen molar-refractivity contribution < 1.29 is 17.1 Å². The Balaban J connectivity index is 0.00000128. The Kier molecular flexibility index (Phi) is 4.96. The van der Waals surface area contributed by atoms with Crippen molar-refractivity contribution in [3.05, 3.63) is 18.2 Å². The summed E-state index contributed by atoms with van der Waals surface area (Å²) in [5, 5.41) is 0.973. The van der Waals surface area contributed by atoms with E-state index in [1.165, 1.54) is 0 Å². The van der Waals surface area contributed by atoms with E-state index in [2.05, 4.69) is 16.9 Å². The van der Waals surface area contributed by atoms with Gasteiger partial charge in [-0.2, -0.15) is 0 Å². The summed E-state index contributed by atoms with van der Waals surface area (Å²) in [7, 11) is 0. The van der Waals surface area contributed by atoms with Crippen LogP contribution >= 0.6 is 11.8 Å². The van der Waals surface area contributed by atoms with Gasteiger partial charge in [-0.15, -0.1) is 0 Å². The molecule has 1 heterocycles. The van der Waals surface area contributed by atoms with Crippen LogP contribution in [0.15, 0.2) is 23.4 Å². The number of imidazole rings is 1. The van der Waals surface area contributed by atoms with Crippen LogP contribution in [0.1, 0.15) is 13.8 Å². The molecule has 0 unspecified atom stereocenters. The van der Waals surface area contributed by atoms with Gasteiger partial charge in [-0.1, -0.05) is 18.7 Å². The van der Waals surface area contributed by atoms with Crippen LogP contribution in [0.5, 0.6) is 5.75 Å². The van der Waals surface area contributed by atoms with Gasteiger partial charge in [0, 0.05) is 6.07 Å². The number of thioether (sulfide) groups is 1. The van der Waals surface area contributed by atoms with Gasteiger partial charge in [-0.25, -0.2) is 4.98 Å². The first-order valence-electron chi connectivity index (χ1n) is 5.09. The number of rotatable bonds is 4. The average molecular weight is 258 g/mol. The third-order valence-corrected chi connectivity index (χ3v) is 2.78. The molecule has 2 aromatic rings. The van der Waals surface area contributed by atoms with Crippen molar-refractivity contribution in [3.8, 4) is 5.75 Å². The van der Waals surface area contributed by atoms with Gasteiger partial charge in [0.15, 0.2) is 5.16 Å². The van der Waals surface area contributed by atoms with Crippen LogP contribution in [0.4, 0.5) is 0 Å². The van der Waals surface area contributed by atoms with Gasteiger partial charge in [0.2, 0.25) is 0 Å². The molecule has 0 fully saturated rings. The van der Waals surface area contributed by atoms with Crippen LogP contribution in [0, 0.1) is 0 Å². The van der Waals surface area contributed by atoms with Crippen LogP contribution < -0.4 is 17.1 Å². The summed E-state index contributed by atoms with van der Waals surface area (Å²) < 4.78 is 5.43. The SMILES string of the molecule is CCOc1ccc2nc(SCC)[nH]c2c1.[Cl-]. The van der Waals surface area contributed by atoms with Gasteiger partial charge in [0.05, 0.1) is 17.6 Å². The number of H-pyrrole nitrogens is 1. The Bertz CT molecular complexity index is 454. The average Bonchev–Trinajstić information content (AvgIpc) is 2.60. The molecule has 0 radical (unpaired) electrons. The quantitative estimate of drug-likeness (QED) is 0.789. The summed E-state index contributed by atoms with van der Waals surface area (Å²) in [4.78, 5) is 7.72. The molecule has 0 atom stereocenters. The highest BCUT2D eigenvalue weighted by Crippen LogP contribution is 2.22. The van der Waals surface area contributed by atoms with Crippen molar-refractivity contribution in [1.29, 1.82) is 0 Å². The molecule has 0 aliphatic heterocycles. The van der Waals surface area contributed by atoms with E-state index >= 15 is 0 Å². The molecule has 16 heavy (non-hydrogen) atoms. The Morgan fingerprint density at radius 2 is 2.19 bits per heavy atom. The molecule has 5 heteroatoms. The van der Waals surface area contributed by atoms with Crippen LogP contribution in [0.3, 0.4) is 0 Å². The van der Waals surface area contributed by atoms with Crippen molar-refractivity contribution in [2.24, 2.45) is 0 Å². The Hall–Kier alpha value is -0.870. The maximum atomic E-state index is 5.43. The first-order chi connectivity index (χ1) is 7.33. The molecular formula is C11H14ClN2OS-. The number of aromatic nitrogens is 2. The molecule has 0 amide bonds. The number of hydrogen-bond acceptors (Lipinski definition) is 3. The van der Waals surface area contributed by atoms with E-state index in [1.54, 1.807) is 11.8 Å². The molecule has 1 N–H and O–H groups in total. The Morgan fingerprint density at radius 1 is 1.38 bits per heavy atom. The summed E-state index contributed by atoms with van der Waals surface area (Å²) in [5.74, 6) is 1.92. The molecule has 3 nitrogen and oxygen atoms in total. The van der Waals surface area contributed by atoms with E-state index in [9.17, 15) is 0 Å². The highest BCUT2D eigenvalue weighted by Gasteiger charge is 2.03. The first kappa shape index (κ1) is 13.2. The third-order valence-electron chi connectivity index (χ3n) is 2.02. The number of fused-ring (bicyclic) bond motifs is 1. The lowest BCUT2D eigenvalue weighted by Crippen LogP contribution is -3.00. The maximum Gasteiger partial charge on any atom is 0.166 e. The number of aromatic amines is 1. The number of nitrogens with zero attached hydrogens (tertiary/aromatic N) is 1. The van der Waals surface area contributed by atoms with Crippen molar-refractivity contribution in [1.82, 2.24) is 9.97 Å². The fourth-order valence-electron chi connectivity index (χ4n) is 1.43. The zero-order chi connectivity index (χ0) is 10.7. The van der Waals surface area contributed by atoms with Crippen molar-refractivity contribution in [2.75, 3.05) is 12.4 Å². The number of benzene rings is 1. The van der Waals surface area contributed by atoms with E-state index in [0.29, 0.717) is 6.61 Å². The van der Waals surface area contributed by atoms with Gasteiger partial charge < -0.3 is 22.1 Å². The predicted molar refractivity (Wildman–Crippen MR) is 63.7 cm³/mol. The minimum Gasteiger partial charge on any atom is -1.00 e. The van der Waals surface area contributed by atoms with Crippen LogP contribution in [0.25, 0.3) is 11.0 Å². The molecule has 0 saturated heterocycles. The maximum absolute atomic E-state index is 5.43. The van der Waals surface area contributed by atoms with Crippen molar-refractivity contribution in [3.63, 3.8) is 0 Å². The number of halogens is 1. The molecule has 0 aliphatic carbocycles. The molecule has 1 aromatic carbocycles. The topological polar surface area (TPSA) is 37.9 Å².